The number of rotatable bonds is 6. The molecule has 0 saturated heterocycles. The molecule has 0 aliphatic carbocycles. The number of aromatic nitrogens is 2. The van der Waals surface area contributed by atoms with Gasteiger partial charge < -0.3 is 14.6 Å². The zero-order chi connectivity index (χ0) is 17.1. The summed E-state index contributed by atoms with van der Waals surface area (Å²) in [6, 6.07) is 10.7. The van der Waals surface area contributed by atoms with E-state index in [9.17, 15) is 0 Å². The number of methoxy groups -OCH3 is 1. The van der Waals surface area contributed by atoms with E-state index in [4.69, 9.17) is 4.74 Å². The molecule has 2 heterocycles. The highest BCUT2D eigenvalue weighted by Gasteiger charge is 2.14. The Morgan fingerprint density at radius 3 is 2.48 bits per heavy atom. The molecule has 0 unspecified atom stereocenters. The minimum Gasteiger partial charge on any atom is -0.383 e. The highest BCUT2D eigenvalue weighted by atomic mass is 35.5. The lowest BCUT2D eigenvalue weighted by atomic mass is 10.1. The van der Waals surface area contributed by atoms with Gasteiger partial charge in [0.05, 0.1) is 12.1 Å². The van der Waals surface area contributed by atoms with Crippen LogP contribution in [0.15, 0.2) is 36.5 Å². The average molecular weight is 360 g/mol. The van der Waals surface area contributed by atoms with E-state index in [1.165, 1.54) is 27.8 Å². The molecule has 0 fully saturated rings. The number of fused-ring (bicyclic) bond motifs is 1. The van der Waals surface area contributed by atoms with Gasteiger partial charge in [-0.05, 0) is 38.0 Å². The normalized spacial score (nSPS) is 10.7. The molecule has 134 valence electrons. The first-order valence-electron chi connectivity index (χ1n) is 8.34. The van der Waals surface area contributed by atoms with Crippen molar-refractivity contribution in [2.24, 2.45) is 0 Å². The van der Waals surface area contributed by atoms with E-state index in [0.717, 1.165) is 24.4 Å². The number of nitrogens with one attached hydrogen (secondary N) is 1. The molecule has 0 bridgehead atoms. The molecule has 0 radical (unpaired) electrons. The maximum Gasteiger partial charge on any atom is 0.150 e. The fourth-order valence-electron chi connectivity index (χ4n) is 3.08. The number of hydrogen-bond acceptors (Lipinski definition) is 3. The van der Waals surface area contributed by atoms with Crippen LogP contribution in [0.3, 0.4) is 0 Å². The Hall–Kier alpha value is -2.04. The summed E-state index contributed by atoms with van der Waals surface area (Å²) < 4.78 is 7.58. The second kappa shape index (κ2) is 8.37. The molecule has 1 N–H and O–H groups in total. The zero-order valence-corrected chi connectivity index (χ0v) is 16.1. The number of aryl methyl sites for hydroxylation is 2. The fraction of sp³-hybridized carbons (Fsp3) is 0.350. The molecule has 1 aromatic carbocycles. The fourth-order valence-corrected chi connectivity index (χ4v) is 3.08. The number of anilines is 1. The first-order valence-corrected chi connectivity index (χ1v) is 8.34. The highest BCUT2D eigenvalue weighted by Crippen LogP contribution is 2.29. The van der Waals surface area contributed by atoms with Crippen LogP contribution in [-0.2, 0) is 17.8 Å². The van der Waals surface area contributed by atoms with Crippen molar-refractivity contribution in [1.82, 2.24) is 9.55 Å². The summed E-state index contributed by atoms with van der Waals surface area (Å²) >= 11 is 0. The Kier molecular flexibility index (Phi) is 6.45. The van der Waals surface area contributed by atoms with Crippen molar-refractivity contribution in [3.05, 3.63) is 58.9 Å². The molecule has 0 aliphatic heterocycles. The van der Waals surface area contributed by atoms with Crippen molar-refractivity contribution in [2.75, 3.05) is 19.0 Å². The van der Waals surface area contributed by atoms with Gasteiger partial charge in [-0.15, -0.1) is 12.4 Å². The van der Waals surface area contributed by atoms with Gasteiger partial charge in [0.2, 0.25) is 0 Å². The summed E-state index contributed by atoms with van der Waals surface area (Å²) in [7, 11) is 1.74. The maximum absolute atomic E-state index is 5.28. The van der Waals surface area contributed by atoms with Gasteiger partial charge in [-0.25, -0.2) is 4.98 Å². The van der Waals surface area contributed by atoms with E-state index in [1.54, 1.807) is 7.11 Å². The first-order chi connectivity index (χ1) is 11.6. The molecule has 3 rings (SSSR count). The minimum absolute atomic E-state index is 0. The number of hydrogen-bond donors (Lipinski definition) is 1. The van der Waals surface area contributed by atoms with Crippen LogP contribution in [0.1, 0.15) is 22.4 Å². The monoisotopic (exact) mass is 359 g/mol. The van der Waals surface area contributed by atoms with E-state index in [2.05, 4.69) is 66.0 Å². The SMILES string of the molecule is COCCn1c(C)c(C)c2ccnc(NCc3ccc(C)cc3)c21.Cl. The van der Waals surface area contributed by atoms with Crippen LogP contribution in [0.2, 0.25) is 0 Å². The van der Waals surface area contributed by atoms with Gasteiger partial charge in [-0.1, -0.05) is 29.8 Å². The Balaban J connectivity index is 0.00000225. The topological polar surface area (TPSA) is 39.1 Å². The molecule has 0 aliphatic rings. The van der Waals surface area contributed by atoms with Gasteiger partial charge in [0.25, 0.3) is 0 Å². The summed E-state index contributed by atoms with van der Waals surface area (Å²) in [6.45, 7) is 8.72. The van der Waals surface area contributed by atoms with E-state index in [1.807, 2.05) is 6.20 Å². The summed E-state index contributed by atoms with van der Waals surface area (Å²) in [5.74, 6) is 0.931. The molecule has 2 aromatic heterocycles. The third-order valence-corrected chi connectivity index (χ3v) is 4.65. The quantitative estimate of drug-likeness (QED) is 0.696. The lowest BCUT2D eigenvalue weighted by molar-refractivity contribution is 0.188. The lowest BCUT2D eigenvalue weighted by Gasteiger charge is -2.12. The standard InChI is InChI=1S/C20H25N3O.ClH/c1-14-5-7-17(8-6-14)13-22-20-19-18(9-10-21-20)15(2)16(3)23(19)11-12-24-4;/h5-10H,11-13H2,1-4H3,(H,21,22);1H. The Labute approximate surface area is 155 Å². The van der Waals surface area contributed by atoms with Crippen molar-refractivity contribution in [3.63, 3.8) is 0 Å². The van der Waals surface area contributed by atoms with Gasteiger partial charge in [0.15, 0.2) is 5.82 Å². The van der Waals surface area contributed by atoms with Crippen LogP contribution in [0.5, 0.6) is 0 Å². The second-order valence-electron chi connectivity index (χ2n) is 6.25. The predicted molar refractivity (Wildman–Crippen MR) is 107 cm³/mol. The maximum atomic E-state index is 5.28. The second-order valence-corrected chi connectivity index (χ2v) is 6.25. The minimum atomic E-state index is 0. The van der Waals surface area contributed by atoms with Crippen molar-refractivity contribution < 1.29 is 4.74 Å². The van der Waals surface area contributed by atoms with Gasteiger partial charge in [-0.2, -0.15) is 0 Å². The van der Waals surface area contributed by atoms with Gasteiger partial charge in [0, 0.05) is 37.5 Å². The Bertz CT molecular complexity index is 840. The highest BCUT2D eigenvalue weighted by molar-refractivity contribution is 5.93. The van der Waals surface area contributed by atoms with Crippen LogP contribution < -0.4 is 5.32 Å². The van der Waals surface area contributed by atoms with Crippen LogP contribution in [0.25, 0.3) is 10.9 Å². The molecule has 0 spiro atoms. The van der Waals surface area contributed by atoms with Crippen molar-refractivity contribution in [1.29, 1.82) is 0 Å². The van der Waals surface area contributed by atoms with Crippen LogP contribution >= 0.6 is 12.4 Å². The van der Waals surface area contributed by atoms with Gasteiger partial charge in [0.1, 0.15) is 0 Å². The summed E-state index contributed by atoms with van der Waals surface area (Å²) in [5, 5.41) is 4.76. The molecule has 25 heavy (non-hydrogen) atoms. The third kappa shape index (κ3) is 3.97. The lowest BCUT2D eigenvalue weighted by Crippen LogP contribution is -2.09. The number of ether oxygens (including phenoxy) is 1. The van der Waals surface area contributed by atoms with Crippen LogP contribution in [0, 0.1) is 20.8 Å². The third-order valence-electron chi connectivity index (χ3n) is 4.65. The van der Waals surface area contributed by atoms with Gasteiger partial charge >= 0.3 is 0 Å². The largest absolute Gasteiger partial charge is 0.383 e. The molecule has 0 amide bonds. The molecule has 5 heteroatoms. The van der Waals surface area contributed by atoms with E-state index >= 15 is 0 Å². The van der Waals surface area contributed by atoms with E-state index in [-0.39, 0.29) is 12.4 Å². The molecule has 4 nitrogen and oxygen atoms in total. The summed E-state index contributed by atoms with van der Waals surface area (Å²) in [6.07, 6.45) is 1.88. The smallest absolute Gasteiger partial charge is 0.150 e. The van der Waals surface area contributed by atoms with Crippen molar-refractivity contribution in [2.45, 2.75) is 33.9 Å². The van der Waals surface area contributed by atoms with Crippen LogP contribution in [0.4, 0.5) is 5.82 Å². The Morgan fingerprint density at radius 2 is 1.80 bits per heavy atom. The molecular formula is C20H26ClN3O. The molecular weight excluding hydrogens is 334 g/mol. The van der Waals surface area contributed by atoms with Crippen molar-refractivity contribution >= 4 is 29.1 Å². The summed E-state index contributed by atoms with van der Waals surface area (Å²) in [4.78, 5) is 4.59. The summed E-state index contributed by atoms with van der Waals surface area (Å²) in [5.41, 5.74) is 6.27. The zero-order valence-electron chi connectivity index (χ0n) is 15.3. The number of benzene rings is 1. The van der Waals surface area contributed by atoms with Crippen molar-refractivity contribution in [3.8, 4) is 0 Å². The first kappa shape index (κ1) is 19.3. The number of nitrogens with zero attached hydrogens (tertiary/aromatic N) is 2. The number of halogens is 1. The van der Waals surface area contributed by atoms with Gasteiger partial charge in [-0.3, -0.25) is 0 Å². The number of pyridine rings is 1. The van der Waals surface area contributed by atoms with Crippen LogP contribution in [-0.4, -0.2) is 23.3 Å². The molecule has 3 aromatic rings. The average Bonchev–Trinajstić information content (AvgIpc) is 2.84. The molecule has 0 atom stereocenters. The van der Waals surface area contributed by atoms with E-state index < -0.39 is 0 Å². The molecule has 0 saturated carbocycles. The van der Waals surface area contributed by atoms with E-state index in [0.29, 0.717) is 6.61 Å². The predicted octanol–water partition coefficient (Wildman–Crippen LogP) is 4.64. The Morgan fingerprint density at radius 1 is 1.08 bits per heavy atom.